The quantitative estimate of drug-likeness (QED) is 0.425. The van der Waals surface area contributed by atoms with Crippen molar-refractivity contribution in [2.75, 3.05) is 23.4 Å². The number of nitrogens with one attached hydrogen (secondary N) is 1. The van der Waals surface area contributed by atoms with Gasteiger partial charge in [-0.15, -0.1) is 11.8 Å². The first kappa shape index (κ1) is 21.5. The number of carbonyl (C=O) groups excluding carboxylic acids is 1. The molecule has 4 rings (SSSR count). The molecule has 0 saturated heterocycles. The number of benzene rings is 2. The molecule has 9 heteroatoms. The van der Waals surface area contributed by atoms with E-state index in [0.717, 1.165) is 23.2 Å². The summed E-state index contributed by atoms with van der Waals surface area (Å²) in [5, 5.41) is 2.99. The molecule has 1 aromatic heterocycles. The van der Waals surface area contributed by atoms with Crippen LogP contribution in [0.5, 0.6) is 5.75 Å². The largest absolute Gasteiger partial charge is 0.494 e. The van der Waals surface area contributed by atoms with E-state index in [2.05, 4.69) is 10.3 Å². The Morgan fingerprint density at radius 2 is 2.03 bits per heavy atom. The molecule has 0 aliphatic carbocycles. The van der Waals surface area contributed by atoms with E-state index in [9.17, 15) is 14.0 Å². The highest BCUT2D eigenvalue weighted by Gasteiger charge is 2.23. The maximum Gasteiger partial charge on any atom is 0.272 e. The number of thioether (sulfide) groups is 2. The number of hydrogen-bond donors (Lipinski definition) is 1. The second kappa shape index (κ2) is 9.57. The third-order valence-electron chi connectivity index (χ3n) is 4.55. The molecule has 6 nitrogen and oxygen atoms in total. The number of amides is 1. The Morgan fingerprint density at radius 3 is 2.77 bits per heavy atom. The minimum Gasteiger partial charge on any atom is -0.494 e. The lowest BCUT2D eigenvalue weighted by molar-refractivity contribution is -0.113. The molecule has 2 heterocycles. The molecule has 3 aromatic rings. The first-order valence-electron chi connectivity index (χ1n) is 9.76. The van der Waals surface area contributed by atoms with Gasteiger partial charge in [-0.1, -0.05) is 23.9 Å². The van der Waals surface area contributed by atoms with Gasteiger partial charge in [-0.2, -0.15) is 0 Å². The third kappa shape index (κ3) is 4.77. The van der Waals surface area contributed by atoms with Crippen LogP contribution in [0.25, 0.3) is 5.69 Å². The Morgan fingerprint density at radius 1 is 1.26 bits per heavy atom. The van der Waals surface area contributed by atoms with Gasteiger partial charge in [0.1, 0.15) is 11.6 Å². The van der Waals surface area contributed by atoms with E-state index in [4.69, 9.17) is 4.74 Å². The number of aryl methyl sites for hydroxylation is 1. The van der Waals surface area contributed by atoms with Crippen LogP contribution >= 0.6 is 23.5 Å². The van der Waals surface area contributed by atoms with Crippen molar-refractivity contribution >= 4 is 35.1 Å². The number of para-hydroxylation sites is 1. The first-order valence-corrected chi connectivity index (χ1v) is 11.7. The highest BCUT2D eigenvalue weighted by Crippen LogP contribution is 2.30. The van der Waals surface area contributed by atoms with Crippen LogP contribution in [0, 0.1) is 5.82 Å². The summed E-state index contributed by atoms with van der Waals surface area (Å²) in [6.07, 6.45) is 0.717. The van der Waals surface area contributed by atoms with Crippen LogP contribution in [0.2, 0.25) is 0 Å². The molecule has 1 N–H and O–H groups in total. The summed E-state index contributed by atoms with van der Waals surface area (Å²) in [5.74, 6) is 0.630. The summed E-state index contributed by atoms with van der Waals surface area (Å²) >= 11 is 2.65. The number of anilines is 1. The minimum absolute atomic E-state index is 0.0102. The Hall–Kier alpha value is -2.78. The number of fused-ring (bicyclic) bond motifs is 1. The fraction of sp³-hybridized carbons (Fsp3) is 0.227. The van der Waals surface area contributed by atoms with Crippen LogP contribution in [0.4, 0.5) is 10.1 Å². The molecule has 1 aliphatic heterocycles. The molecule has 1 aliphatic rings. The van der Waals surface area contributed by atoms with E-state index in [-0.39, 0.29) is 22.9 Å². The highest BCUT2D eigenvalue weighted by molar-refractivity contribution is 8.00. The predicted molar refractivity (Wildman–Crippen MR) is 121 cm³/mol. The van der Waals surface area contributed by atoms with Crippen LogP contribution in [0.1, 0.15) is 12.6 Å². The van der Waals surface area contributed by atoms with Crippen LogP contribution in [0.15, 0.2) is 63.4 Å². The topological polar surface area (TPSA) is 73.2 Å². The smallest absolute Gasteiger partial charge is 0.272 e. The van der Waals surface area contributed by atoms with Gasteiger partial charge in [-0.3, -0.25) is 14.2 Å². The van der Waals surface area contributed by atoms with Crippen molar-refractivity contribution < 1.29 is 13.9 Å². The van der Waals surface area contributed by atoms with Gasteiger partial charge in [-0.05, 0) is 43.3 Å². The zero-order chi connectivity index (χ0) is 21.8. The summed E-state index contributed by atoms with van der Waals surface area (Å²) < 4.78 is 20.8. The summed E-state index contributed by atoms with van der Waals surface area (Å²) in [6.45, 7) is 2.45. The van der Waals surface area contributed by atoms with E-state index in [1.807, 2.05) is 6.92 Å². The standard InChI is InChI=1S/C22H20FN3O3S2/c1-2-29-15-9-7-14(8-10-15)26-21(28)20-18(11-12-30-20)25-22(26)31-13-19(27)24-17-6-4-3-5-16(17)23/h3-10H,2,11-13H2,1H3,(H,24,27). The van der Waals surface area contributed by atoms with E-state index >= 15 is 0 Å². The summed E-state index contributed by atoms with van der Waals surface area (Å²) in [7, 11) is 0. The molecule has 1 amide bonds. The molecule has 0 bridgehead atoms. The van der Waals surface area contributed by atoms with Crippen molar-refractivity contribution in [3.63, 3.8) is 0 Å². The van der Waals surface area contributed by atoms with Gasteiger partial charge >= 0.3 is 0 Å². The van der Waals surface area contributed by atoms with Crippen molar-refractivity contribution in [2.45, 2.75) is 23.4 Å². The van der Waals surface area contributed by atoms with Gasteiger partial charge in [-0.25, -0.2) is 9.37 Å². The van der Waals surface area contributed by atoms with Crippen LogP contribution in [-0.4, -0.2) is 33.6 Å². The van der Waals surface area contributed by atoms with Gasteiger partial charge in [0.25, 0.3) is 5.56 Å². The van der Waals surface area contributed by atoms with Gasteiger partial charge in [0.15, 0.2) is 5.16 Å². The lowest BCUT2D eigenvalue weighted by atomic mass is 10.3. The lowest BCUT2D eigenvalue weighted by Crippen LogP contribution is -2.24. The zero-order valence-electron chi connectivity index (χ0n) is 16.8. The van der Waals surface area contributed by atoms with E-state index in [0.29, 0.717) is 34.5 Å². The maximum atomic E-state index is 13.8. The number of rotatable bonds is 7. The van der Waals surface area contributed by atoms with Crippen LogP contribution in [-0.2, 0) is 11.2 Å². The van der Waals surface area contributed by atoms with Gasteiger partial charge in [0.05, 0.1) is 34.3 Å². The molecular formula is C22H20FN3O3S2. The highest BCUT2D eigenvalue weighted by atomic mass is 32.2. The normalized spacial score (nSPS) is 12.5. The Kier molecular flexibility index (Phi) is 6.62. The third-order valence-corrected chi connectivity index (χ3v) is 6.60. The molecule has 0 fully saturated rings. The molecule has 2 aromatic carbocycles. The minimum atomic E-state index is -0.500. The average molecular weight is 458 g/mol. The maximum absolute atomic E-state index is 13.8. The fourth-order valence-corrected chi connectivity index (χ4v) is 5.01. The van der Waals surface area contributed by atoms with E-state index in [1.54, 1.807) is 36.4 Å². The second-order valence-corrected chi connectivity index (χ2v) is 8.70. The van der Waals surface area contributed by atoms with Crippen molar-refractivity contribution in [3.8, 4) is 11.4 Å². The van der Waals surface area contributed by atoms with Crippen molar-refractivity contribution in [2.24, 2.45) is 0 Å². The number of ether oxygens (including phenoxy) is 1. The lowest BCUT2D eigenvalue weighted by Gasteiger charge is -2.14. The average Bonchev–Trinajstić information content (AvgIpc) is 3.24. The molecule has 160 valence electrons. The molecule has 0 unspecified atom stereocenters. The summed E-state index contributed by atoms with van der Waals surface area (Å²) in [4.78, 5) is 30.9. The Balaban J connectivity index is 1.61. The van der Waals surface area contributed by atoms with Crippen molar-refractivity contribution in [1.82, 2.24) is 9.55 Å². The van der Waals surface area contributed by atoms with Gasteiger partial charge in [0, 0.05) is 12.2 Å². The number of aromatic nitrogens is 2. The number of halogens is 1. The van der Waals surface area contributed by atoms with E-state index in [1.165, 1.54) is 28.5 Å². The molecule has 0 saturated carbocycles. The number of carbonyl (C=O) groups is 1. The molecule has 31 heavy (non-hydrogen) atoms. The summed E-state index contributed by atoms with van der Waals surface area (Å²) in [5.41, 5.74) is 1.38. The SMILES string of the molecule is CCOc1ccc(-n2c(SCC(=O)Nc3ccccc3F)nc3c(c2=O)SCC3)cc1. The van der Waals surface area contributed by atoms with Gasteiger partial charge in [0.2, 0.25) is 5.91 Å². The van der Waals surface area contributed by atoms with Crippen LogP contribution < -0.4 is 15.6 Å². The Labute approximate surface area is 187 Å². The molecule has 0 radical (unpaired) electrons. The van der Waals surface area contributed by atoms with Crippen molar-refractivity contribution in [3.05, 3.63) is 70.4 Å². The summed E-state index contributed by atoms with van der Waals surface area (Å²) in [6, 6.07) is 13.2. The number of nitrogens with zero attached hydrogens (tertiary/aromatic N) is 2. The van der Waals surface area contributed by atoms with Crippen LogP contribution in [0.3, 0.4) is 0 Å². The van der Waals surface area contributed by atoms with E-state index < -0.39 is 5.82 Å². The fourth-order valence-electron chi connectivity index (χ4n) is 3.15. The number of hydrogen-bond acceptors (Lipinski definition) is 6. The molecule has 0 atom stereocenters. The molecule has 0 spiro atoms. The predicted octanol–water partition coefficient (Wildman–Crippen LogP) is 4.15. The monoisotopic (exact) mass is 457 g/mol. The Bertz CT molecular complexity index is 1170. The second-order valence-electron chi connectivity index (χ2n) is 6.65. The van der Waals surface area contributed by atoms with Gasteiger partial charge < -0.3 is 10.1 Å². The van der Waals surface area contributed by atoms with Crippen molar-refractivity contribution in [1.29, 1.82) is 0 Å². The first-order chi connectivity index (χ1) is 15.1. The molecular weight excluding hydrogens is 437 g/mol. The zero-order valence-corrected chi connectivity index (χ0v) is 18.4.